The van der Waals surface area contributed by atoms with Crippen molar-refractivity contribution in [1.29, 1.82) is 0 Å². The van der Waals surface area contributed by atoms with E-state index in [1.807, 2.05) is 0 Å². The average molecular weight is 491 g/mol. The normalized spacial score (nSPS) is 12.1. The highest BCUT2D eigenvalue weighted by atomic mass is 35.5. The lowest BCUT2D eigenvalue weighted by atomic mass is 10.1. The Hall–Kier alpha value is -3.10. The first kappa shape index (κ1) is 24.5. The molecule has 3 rings (SSSR count). The van der Waals surface area contributed by atoms with E-state index in [0.29, 0.717) is 16.5 Å². The van der Waals surface area contributed by atoms with Crippen molar-refractivity contribution in [2.24, 2.45) is 0 Å². The topological polar surface area (TPSA) is 75.7 Å². The van der Waals surface area contributed by atoms with Crippen molar-refractivity contribution in [1.82, 2.24) is 5.32 Å². The van der Waals surface area contributed by atoms with E-state index >= 15 is 0 Å². The first-order chi connectivity index (χ1) is 15.6. The number of ether oxygens (including phenoxy) is 1. The van der Waals surface area contributed by atoms with Crippen LogP contribution < -0.4 is 14.4 Å². The van der Waals surface area contributed by atoms with Crippen LogP contribution in [0.4, 0.5) is 10.1 Å². The predicted molar refractivity (Wildman–Crippen MR) is 127 cm³/mol. The van der Waals surface area contributed by atoms with Gasteiger partial charge in [-0.1, -0.05) is 35.9 Å². The van der Waals surface area contributed by atoms with Crippen LogP contribution in [0.5, 0.6) is 5.75 Å². The van der Waals surface area contributed by atoms with Gasteiger partial charge in [0.05, 0.1) is 24.5 Å². The monoisotopic (exact) mass is 490 g/mol. The maximum absolute atomic E-state index is 13.0. The van der Waals surface area contributed by atoms with E-state index in [2.05, 4.69) is 5.32 Å². The summed E-state index contributed by atoms with van der Waals surface area (Å²) in [6, 6.07) is 19.0. The summed E-state index contributed by atoms with van der Waals surface area (Å²) < 4.78 is 44.5. The van der Waals surface area contributed by atoms with Gasteiger partial charge in [-0.05, 0) is 66.6 Å². The fourth-order valence-electron chi connectivity index (χ4n) is 3.13. The van der Waals surface area contributed by atoms with Gasteiger partial charge in [0.2, 0.25) is 10.0 Å². The zero-order valence-electron chi connectivity index (χ0n) is 18.2. The highest BCUT2D eigenvalue weighted by Crippen LogP contribution is 2.24. The zero-order valence-corrected chi connectivity index (χ0v) is 19.7. The van der Waals surface area contributed by atoms with Crippen molar-refractivity contribution in [3.05, 3.63) is 94.8 Å². The molecule has 3 aromatic rings. The van der Waals surface area contributed by atoms with Crippen LogP contribution in [0.25, 0.3) is 0 Å². The van der Waals surface area contributed by atoms with Crippen molar-refractivity contribution in [2.45, 2.75) is 19.5 Å². The maximum atomic E-state index is 13.0. The molecule has 0 saturated heterocycles. The van der Waals surface area contributed by atoms with Gasteiger partial charge in [0, 0.05) is 5.02 Å². The van der Waals surface area contributed by atoms with Crippen LogP contribution in [-0.4, -0.2) is 27.2 Å². The number of carbonyl (C=O) groups is 1. The largest absolute Gasteiger partial charge is 0.484 e. The van der Waals surface area contributed by atoms with Crippen LogP contribution in [0.15, 0.2) is 72.8 Å². The van der Waals surface area contributed by atoms with Crippen molar-refractivity contribution in [3.63, 3.8) is 0 Å². The smallest absolute Gasteiger partial charge is 0.258 e. The summed E-state index contributed by atoms with van der Waals surface area (Å²) in [6.45, 7) is 1.73. The number of carbonyl (C=O) groups excluding carboxylic acids is 1. The number of nitrogens with one attached hydrogen (secondary N) is 1. The summed E-state index contributed by atoms with van der Waals surface area (Å²) in [7, 11) is -3.54. The number of benzene rings is 3. The molecular formula is C24H24ClFN2O4S. The van der Waals surface area contributed by atoms with E-state index in [4.69, 9.17) is 16.3 Å². The van der Waals surface area contributed by atoms with Gasteiger partial charge < -0.3 is 10.1 Å². The van der Waals surface area contributed by atoms with Gasteiger partial charge in [-0.2, -0.15) is 0 Å². The van der Waals surface area contributed by atoms with E-state index in [1.165, 1.54) is 16.4 Å². The average Bonchev–Trinajstić information content (AvgIpc) is 2.77. The molecule has 0 aliphatic heterocycles. The second-order valence-electron chi connectivity index (χ2n) is 7.52. The Bertz CT molecular complexity index is 1180. The minimum Gasteiger partial charge on any atom is -0.484 e. The summed E-state index contributed by atoms with van der Waals surface area (Å²) in [5.41, 5.74) is 2.03. The molecule has 33 heavy (non-hydrogen) atoms. The van der Waals surface area contributed by atoms with Gasteiger partial charge in [-0.3, -0.25) is 9.10 Å². The van der Waals surface area contributed by atoms with E-state index in [-0.39, 0.29) is 30.9 Å². The number of nitrogens with zero attached hydrogens (tertiary/aromatic N) is 1. The minimum atomic E-state index is -3.54. The highest BCUT2D eigenvalue weighted by Gasteiger charge is 2.18. The Balaban J connectivity index is 1.60. The molecule has 0 aliphatic carbocycles. The Morgan fingerprint density at radius 2 is 1.64 bits per heavy atom. The molecule has 3 aromatic carbocycles. The summed E-state index contributed by atoms with van der Waals surface area (Å²) in [6.07, 6.45) is 1.14. The van der Waals surface area contributed by atoms with Gasteiger partial charge in [0.1, 0.15) is 11.6 Å². The molecular weight excluding hydrogens is 467 g/mol. The second kappa shape index (κ2) is 10.7. The first-order valence-electron chi connectivity index (χ1n) is 10.1. The number of rotatable bonds is 9. The van der Waals surface area contributed by atoms with Gasteiger partial charge in [-0.25, -0.2) is 12.8 Å². The first-order valence-corrected chi connectivity index (χ1v) is 12.3. The fraction of sp³-hybridized carbons (Fsp3) is 0.208. The third-order valence-corrected chi connectivity index (χ3v) is 6.27. The van der Waals surface area contributed by atoms with Crippen LogP contribution >= 0.6 is 11.6 Å². The lowest BCUT2D eigenvalue weighted by Crippen LogP contribution is -2.31. The fourth-order valence-corrected chi connectivity index (χ4v) is 4.15. The molecule has 1 atom stereocenters. The summed E-state index contributed by atoms with van der Waals surface area (Å²) in [5, 5.41) is 3.35. The lowest BCUT2D eigenvalue weighted by molar-refractivity contribution is -0.123. The molecule has 0 aromatic heterocycles. The molecule has 6 nitrogen and oxygen atoms in total. The number of hydrogen-bond acceptors (Lipinski definition) is 4. The maximum Gasteiger partial charge on any atom is 0.258 e. The molecule has 0 unspecified atom stereocenters. The Morgan fingerprint density at radius 3 is 2.21 bits per heavy atom. The Labute approximate surface area is 198 Å². The zero-order chi connectivity index (χ0) is 24.0. The van der Waals surface area contributed by atoms with E-state index < -0.39 is 10.0 Å². The predicted octanol–water partition coefficient (Wildman–Crippen LogP) is 4.70. The van der Waals surface area contributed by atoms with Crippen molar-refractivity contribution < 1.29 is 22.3 Å². The molecule has 0 heterocycles. The summed E-state index contributed by atoms with van der Waals surface area (Å²) in [5.74, 6) is -0.258. The van der Waals surface area contributed by atoms with E-state index in [9.17, 15) is 17.6 Å². The van der Waals surface area contributed by atoms with Crippen LogP contribution in [-0.2, 0) is 21.4 Å². The summed E-state index contributed by atoms with van der Waals surface area (Å²) in [4.78, 5) is 12.2. The number of sulfonamides is 1. The lowest BCUT2D eigenvalue weighted by Gasteiger charge is -2.23. The second-order valence-corrected chi connectivity index (χ2v) is 9.86. The van der Waals surface area contributed by atoms with E-state index in [1.54, 1.807) is 67.6 Å². The van der Waals surface area contributed by atoms with Gasteiger partial charge >= 0.3 is 0 Å². The Morgan fingerprint density at radius 1 is 1.03 bits per heavy atom. The van der Waals surface area contributed by atoms with Gasteiger partial charge in [0.15, 0.2) is 6.61 Å². The standard InChI is InChI=1S/C24H24ClFN2O4S/c1-17(19-5-9-21(26)10-6-19)27-24(29)16-32-23-13-11-22(12-14-23)28(33(2,30)31)15-18-3-7-20(25)8-4-18/h3-14,17H,15-16H2,1-2H3,(H,27,29)/t17-/m1/s1. The molecule has 9 heteroatoms. The van der Waals surface area contributed by atoms with Crippen LogP contribution in [0.2, 0.25) is 5.02 Å². The van der Waals surface area contributed by atoms with Gasteiger partial charge in [0.25, 0.3) is 5.91 Å². The van der Waals surface area contributed by atoms with Gasteiger partial charge in [-0.15, -0.1) is 0 Å². The molecule has 0 spiro atoms. The number of amides is 1. The van der Waals surface area contributed by atoms with Crippen LogP contribution in [0, 0.1) is 5.82 Å². The number of halogens is 2. The van der Waals surface area contributed by atoms with E-state index in [0.717, 1.165) is 17.4 Å². The molecule has 1 N–H and O–H groups in total. The third-order valence-electron chi connectivity index (χ3n) is 4.88. The molecule has 0 aliphatic rings. The molecule has 0 fully saturated rings. The van der Waals surface area contributed by atoms with Crippen LogP contribution in [0.3, 0.4) is 0 Å². The molecule has 0 radical (unpaired) electrons. The van der Waals surface area contributed by atoms with Crippen molar-refractivity contribution >= 4 is 33.2 Å². The highest BCUT2D eigenvalue weighted by molar-refractivity contribution is 7.92. The molecule has 0 saturated carbocycles. The Kier molecular flexibility index (Phi) is 7.94. The quantitative estimate of drug-likeness (QED) is 0.471. The minimum absolute atomic E-state index is 0.153. The van der Waals surface area contributed by atoms with Crippen molar-refractivity contribution in [2.75, 3.05) is 17.2 Å². The third kappa shape index (κ3) is 7.20. The van der Waals surface area contributed by atoms with Crippen molar-refractivity contribution in [3.8, 4) is 5.75 Å². The number of anilines is 1. The molecule has 0 bridgehead atoms. The molecule has 1 amide bonds. The number of hydrogen-bond donors (Lipinski definition) is 1. The SMILES string of the molecule is C[C@@H](NC(=O)COc1ccc(N(Cc2ccc(Cl)cc2)S(C)(=O)=O)cc1)c1ccc(F)cc1. The molecule has 174 valence electrons. The van der Waals surface area contributed by atoms with Crippen LogP contribution in [0.1, 0.15) is 24.1 Å². The summed E-state index contributed by atoms with van der Waals surface area (Å²) >= 11 is 5.90.